The van der Waals surface area contributed by atoms with E-state index in [2.05, 4.69) is 18.7 Å². The number of hydrogen-bond donors (Lipinski definition) is 0. The van der Waals surface area contributed by atoms with Crippen molar-refractivity contribution in [1.29, 1.82) is 0 Å². The van der Waals surface area contributed by atoms with Gasteiger partial charge in [0.1, 0.15) is 0 Å². The van der Waals surface area contributed by atoms with Crippen LogP contribution in [0.3, 0.4) is 0 Å². The van der Waals surface area contributed by atoms with Crippen molar-refractivity contribution >= 4 is 0 Å². The Bertz CT molecular complexity index is 163. The van der Waals surface area contributed by atoms with Gasteiger partial charge in [-0.3, -0.25) is 4.90 Å². The molecule has 0 aromatic carbocycles. The van der Waals surface area contributed by atoms with Crippen LogP contribution in [0.15, 0.2) is 0 Å². The molecule has 2 nitrogen and oxygen atoms in total. The molecule has 2 heteroatoms. The van der Waals surface area contributed by atoms with Gasteiger partial charge in [-0.15, -0.1) is 0 Å². The zero-order valence-electron chi connectivity index (χ0n) is 8.83. The molecule has 76 valence electrons. The zero-order chi connectivity index (χ0) is 9.26. The fourth-order valence-electron chi connectivity index (χ4n) is 2.43. The minimum absolute atomic E-state index is 0.807. The average Bonchev–Trinajstić information content (AvgIpc) is 2.19. The summed E-state index contributed by atoms with van der Waals surface area (Å²) >= 11 is 0. The summed E-state index contributed by atoms with van der Waals surface area (Å²) in [6.07, 6.45) is 2.64. The number of likely N-dealkylation sites (tertiary alicyclic amines) is 1. The summed E-state index contributed by atoms with van der Waals surface area (Å²) in [6, 6.07) is 0.807. The molecule has 2 fully saturated rings. The van der Waals surface area contributed by atoms with Crippen LogP contribution in [0.5, 0.6) is 0 Å². The molecule has 0 radical (unpaired) electrons. The molecular formula is C11H21NO. The smallest absolute Gasteiger partial charge is 0.0506 e. The van der Waals surface area contributed by atoms with Gasteiger partial charge < -0.3 is 4.74 Å². The van der Waals surface area contributed by atoms with Crippen molar-refractivity contribution in [2.24, 2.45) is 11.8 Å². The van der Waals surface area contributed by atoms with E-state index in [9.17, 15) is 0 Å². The van der Waals surface area contributed by atoms with Crippen molar-refractivity contribution in [1.82, 2.24) is 4.90 Å². The Kier molecular flexibility index (Phi) is 2.89. The summed E-state index contributed by atoms with van der Waals surface area (Å²) in [5.41, 5.74) is 0. The van der Waals surface area contributed by atoms with Gasteiger partial charge >= 0.3 is 0 Å². The highest BCUT2D eigenvalue weighted by molar-refractivity contribution is 4.87. The van der Waals surface area contributed by atoms with E-state index < -0.39 is 0 Å². The fraction of sp³-hybridized carbons (Fsp3) is 1.00. The Morgan fingerprint density at radius 3 is 2.77 bits per heavy atom. The molecular weight excluding hydrogens is 162 g/mol. The van der Waals surface area contributed by atoms with E-state index >= 15 is 0 Å². The Morgan fingerprint density at radius 2 is 2.23 bits per heavy atom. The van der Waals surface area contributed by atoms with Crippen molar-refractivity contribution < 1.29 is 4.74 Å². The highest BCUT2D eigenvalue weighted by atomic mass is 16.5. The summed E-state index contributed by atoms with van der Waals surface area (Å²) in [5.74, 6) is 1.72. The van der Waals surface area contributed by atoms with Crippen molar-refractivity contribution in [3.05, 3.63) is 0 Å². The van der Waals surface area contributed by atoms with Crippen LogP contribution in [0.4, 0.5) is 0 Å². The van der Waals surface area contributed by atoms with Gasteiger partial charge in [-0.2, -0.15) is 0 Å². The molecule has 2 rings (SSSR count). The molecule has 2 heterocycles. The summed E-state index contributed by atoms with van der Waals surface area (Å²) in [4.78, 5) is 2.60. The van der Waals surface area contributed by atoms with Gasteiger partial charge in [-0.1, -0.05) is 6.92 Å². The van der Waals surface area contributed by atoms with Gasteiger partial charge in [0.05, 0.1) is 6.61 Å². The van der Waals surface area contributed by atoms with Crippen molar-refractivity contribution in [3.63, 3.8) is 0 Å². The van der Waals surface area contributed by atoms with Crippen LogP contribution in [0.1, 0.15) is 26.7 Å². The van der Waals surface area contributed by atoms with Crippen LogP contribution in [-0.2, 0) is 4.74 Å². The first-order chi connectivity index (χ1) is 6.27. The van der Waals surface area contributed by atoms with Gasteiger partial charge in [0, 0.05) is 25.7 Å². The maximum Gasteiger partial charge on any atom is 0.0506 e. The first kappa shape index (κ1) is 9.47. The van der Waals surface area contributed by atoms with Gasteiger partial charge in [0.25, 0.3) is 0 Å². The Hall–Kier alpha value is -0.0800. The molecule has 0 spiro atoms. The first-order valence-electron chi connectivity index (χ1n) is 5.59. The van der Waals surface area contributed by atoms with E-state index in [-0.39, 0.29) is 0 Å². The maximum absolute atomic E-state index is 5.49. The largest absolute Gasteiger partial charge is 0.381 e. The molecule has 0 bridgehead atoms. The Balaban J connectivity index is 1.72. The number of hydrogen-bond acceptors (Lipinski definition) is 2. The third-order valence-corrected chi connectivity index (χ3v) is 3.67. The summed E-state index contributed by atoms with van der Waals surface area (Å²) < 4.78 is 5.49. The highest BCUT2D eigenvalue weighted by Gasteiger charge is 2.33. The SMILES string of the molecule is CC1CN(CC2CCCOC2)C1C. The molecule has 0 amide bonds. The first-order valence-corrected chi connectivity index (χ1v) is 5.59. The van der Waals surface area contributed by atoms with E-state index in [0.29, 0.717) is 0 Å². The van der Waals surface area contributed by atoms with Crippen molar-refractivity contribution in [2.45, 2.75) is 32.7 Å². The van der Waals surface area contributed by atoms with Gasteiger partial charge in [0.15, 0.2) is 0 Å². The number of ether oxygens (including phenoxy) is 1. The molecule has 0 aromatic heterocycles. The van der Waals surface area contributed by atoms with Crippen molar-refractivity contribution in [3.8, 4) is 0 Å². The number of rotatable bonds is 2. The molecule has 2 saturated heterocycles. The minimum Gasteiger partial charge on any atom is -0.381 e. The molecule has 3 unspecified atom stereocenters. The fourth-order valence-corrected chi connectivity index (χ4v) is 2.43. The predicted molar refractivity (Wildman–Crippen MR) is 53.7 cm³/mol. The Labute approximate surface area is 81.3 Å². The lowest BCUT2D eigenvalue weighted by molar-refractivity contribution is -0.0148. The molecule has 2 aliphatic rings. The zero-order valence-corrected chi connectivity index (χ0v) is 8.83. The molecule has 3 atom stereocenters. The summed E-state index contributed by atoms with van der Waals surface area (Å²) in [6.45, 7) is 9.25. The summed E-state index contributed by atoms with van der Waals surface area (Å²) in [7, 11) is 0. The van der Waals surface area contributed by atoms with E-state index in [1.807, 2.05) is 0 Å². The predicted octanol–water partition coefficient (Wildman–Crippen LogP) is 1.75. The normalized spacial score (nSPS) is 41.5. The van der Waals surface area contributed by atoms with E-state index in [0.717, 1.165) is 31.1 Å². The highest BCUT2D eigenvalue weighted by Crippen LogP contribution is 2.26. The molecule has 13 heavy (non-hydrogen) atoms. The average molecular weight is 183 g/mol. The second-order valence-electron chi connectivity index (χ2n) is 4.75. The lowest BCUT2D eigenvalue weighted by atomic mass is 9.89. The molecule has 0 aromatic rings. The topological polar surface area (TPSA) is 12.5 Å². The van der Waals surface area contributed by atoms with Crippen LogP contribution in [0, 0.1) is 11.8 Å². The maximum atomic E-state index is 5.49. The third kappa shape index (κ3) is 2.05. The second-order valence-corrected chi connectivity index (χ2v) is 4.75. The minimum atomic E-state index is 0.807. The van der Waals surface area contributed by atoms with Crippen molar-refractivity contribution in [2.75, 3.05) is 26.3 Å². The quantitative estimate of drug-likeness (QED) is 0.646. The van der Waals surface area contributed by atoms with Crippen LogP contribution in [0.2, 0.25) is 0 Å². The van der Waals surface area contributed by atoms with Crippen LogP contribution >= 0.6 is 0 Å². The lowest BCUT2D eigenvalue weighted by Crippen LogP contribution is -2.55. The van der Waals surface area contributed by atoms with E-state index in [1.54, 1.807) is 0 Å². The molecule has 0 saturated carbocycles. The van der Waals surface area contributed by atoms with Gasteiger partial charge in [-0.05, 0) is 31.6 Å². The molecule has 2 aliphatic heterocycles. The van der Waals surface area contributed by atoms with Crippen LogP contribution in [0.25, 0.3) is 0 Å². The van der Waals surface area contributed by atoms with Crippen LogP contribution in [-0.4, -0.2) is 37.2 Å². The third-order valence-electron chi connectivity index (χ3n) is 3.67. The van der Waals surface area contributed by atoms with E-state index in [1.165, 1.54) is 25.9 Å². The molecule has 0 N–H and O–H groups in total. The number of nitrogens with zero attached hydrogens (tertiary/aromatic N) is 1. The molecule has 0 aliphatic carbocycles. The standard InChI is InChI=1S/C11H21NO/c1-9-6-12(10(9)2)7-11-4-3-5-13-8-11/h9-11H,3-8H2,1-2H3. The summed E-state index contributed by atoms with van der Waals surface area (Å²) in [5, 5.41) is 0. The van der Waals surface area contributed by atoms with Gasteiger partial charge in [-0.25, -0.2) is 0 Å². The van der Waals surface area contributed by atoms with Crippen LogP contribution < -0.4 is 0 Å². The second kappa shape index (κ2) is 3.97. The Morgan fingerprint density at radius 1 is 1.38 bits per heavy atom. The monoisotopic (exact) mass is 183 g/mol. The van der Waals surface area contributed by atoms with E-state index in [4.69, 9.17) is 4.74 Å². The lowest BCUT2D eigenvalue weighted by Gasteiger charge is -2.46. The van der Waals surface area contributed by atoms with Gasteiger partial charge in [0.2, 0.25) is 0 Å².